The van der Waals surface area contributed by atoms with Crippen LogP contribution in [0.4, 0.5) is 0 Å². The summed E-state index contributed by atoms with van der Waals surface area (Å²) in [6, 6.07) is 5.08. The molecule has 13 heavy (non-hydrogen) atoms. The minimum Gasteiger partial charge on any atom is -0.768 e. The minimum atomic E-state index is -2.23. The second-order valence-electron chi connectivity index (χ2n) is 2.62. The van der Waals surface area contributed by atoms with Crippen molar-refractivity contribution in [2.24, 2.45) is 0 Å². The average molecular weight is 199 g/mol. The van der Waals surface area contributed by atoms with Crippen molar-refractivity contribution in [2.75, 3.05) is 6.61 Å². The standard InChI is InChI=1S/C9H12O3S/c1-3-12-8-5-4-7(2)6-9(8)13(10)11/h4-6H,3H2,1-2H3,(H,10,11)/p-1. The predicted molar refractivity (Wildman–Crippen MR) is 49.5 cm³/mol. The van der Waals surface area contributed by atoms with Crippen molar-refractivity contribution in [3.63, 3.8) is 0 Å². The quantitative estimate of drug-likeness (QED) is 0.695. The van der Waals surface area contributed by atoms with Crippen molar-refractivity contribution in [3.05, 3.63) is 23.8 Å². The first-order valence-corrected chi connectivity index (χ1v) is 5.05. The molecule has 0 aliphatic carbocycles. The molecule has 0 saturated carbocycles. The molecule has 4 heteroatoms. The molecule has 0 bridgehead atoms. The lowest BCUT2D eigenvalue weighted by Crippen LogP contribution is -1.98. The lowest BCUT2D eigenvalue weighted by atomic mass is 10.2. The molecule has 1 aromatic rings. The molecule has 0 N–H and O–H groups in total. The van der Waals surface area contributed by atoms with Gasteiger partial charge in [0.05, 0.1) is 11.5 Å². The molecular formula is C9H11O3S-. The molecule has 3 nitrogen and oxygen atoms in total. The van der Waals surface area contributed by atoms with Gasteiger partial charge < -0.3 is 9.29 Å². The van der Waals surface area contributed by atoms with Gasteiger partial charge in [0.2, 0.25) is 0 Å². The number of hydrogen-bond donors (Lipinski definition) is 0. The topological polar surface area (TPSA) is 49.4 Å². The van der Waals surface area contributed by atoms with Crippen molar-refractivity contribution < 1.29 is 13.5 Å². The Hall–Kier alpha value is -0.870. The molecule has 0 amide bonds. The summed E-state index contributed by atoms with van der Waals surface area (Å²) in [5.74, 6) is 0.418. The summed E-state index contributed by atoms with van der Waals surface area (Å²) in [4.78, 5) is 0.224. The Balaban J connectivity index is 3.10. The molecule has 72 valence electrons. The number of aryl methyl sites for hydroxylation is 1. The molecule has 0 aliphatic rings. The van der Waals surface area contributed by atoms with Crippen LogP contribution in [0.2, 0.25) is 0 Å². The van der Waals surface area contributed by atoms with Gasteiger partial charge in [-0.1, -0.05) is 6.07 Å². The first-order chi connectivity index (χ1) is 6.15. The van der Waals surface area contributed by atoms with E-state index < -0.39 is 11.1 Å². The second-order valence-corrected chi connectivity index (χ2v) is 3.53. The fraction of sp³-hybridized carbons (Fsp3) is 0.333. The van der Waals surface area contributed by atoms with Gasteiger partial charge in [0.15, 0.2) is 0 Å². The molecule has 0 saturated heterocycles. The summed E-state index contributed by atoms with van der Waals surface area (Å²) >= 11 is -2.23. The highest BCUT2D eigenvalue weighted by Crippen LogP contribution is 2.22. The van der Waals surface area contributed by atoms with Crippen molar-refractivity contribution >= 4 is 11.1 Å². The third kappa shape index (κ3) is 2.54. The summed E-state index contributed by atoms with van der Waals surface area (Å²) in [5.41, 5.74) is 0.905. The Morgan fingerprint density at radius 2 is 2.23 bits per heavy atom. The van der Waals surface area contributed by atoms with Gasteiger partial charge in [-0.3, -0.25) is 4.21 Å². The van der Waals surface area contributed by atoms with Gasteiger partial charge in [-0.15, -0.1) is 0 Å². The summed E-state index contributed by atoms with van der Waals surface area (Å²) in [7, 11) is 0. The van der Waals surface area contributed by atoms with Crippen molar-refractivity contribution in [2.45, 2.75) is 18.7 Å². The summed E-state index contributed by atoms with van der Waals surface area (Å²) in [5, 5.41) is 0. The van der Waals surface area contributed by atoms with E-state index in [1.807, 2.05) is 19.9 Å². The van der Waals surface area contributed by atoms with E-state index in [2.05, 4.69) is 0 Å². The Bertz CT molecular complexity index is 323. The normalized spacial score (nSPS) is 12.5. The zero-order valence-corrected chi connectivity index (χ0v) is 8.39. The number of benzene rings is 1. The third-order valence-corrected chi connectivity index (χ3v) is 2.26. The van der Waals surface area contributed by atoms with Gasteiger partial charge in [-0.05, 0) is 42.6 Å². The van der Waals surface area contributed by atoms with Crippen LogP contribution in [0.25, 0.3) is 0 Å². The molecule has 1 unspecified atom stereocenters. The van der Waals surface area contributed by atoms with E-state index in [0.717, 1.165) is 5.56 Å². The molecule has 0 fully saturated rings. The third-order valence-electron chi connectivity index (χ3n) is 1.58. The first kappa shape index (κ1) is 10.2. The highest BCUT2D eigenvalue weighted by Gasteiger charge is 2.03. The molecule has 0 heterocycles. The zero-order valence-electron chi connectivity index (χ0n) is 7.57. The molecule has 0 spiro atoms. The average Bonchev–Trinajstić information content (AvgIpc) is 2.08. The van der Waals surface area contributed by atoms with Crippen LogP contribution in [-0.2, 0) is 11.1 Å². The SMILES string of the molecule is CCOc1ccc(C)cc1S(=O)[O-]. The summed E-state index contributed by atoms with van der Waals surface area (Å²) < 4.78 is 26.7. The molecule has 0 aliphatic heterocycles. The first-order valence-electron chi connectivity index (χ1n) is 3.98. The summed E-state index contributed by atoms with van der Waals surface area (Å²) in [6.45, 7) is 4.12. The molecule has 1 rings (SSSR count). The van der Waals surface area contributed by atoms with Crippen LogP contribution in [0, 0.1) is 6.92 Å². The van der Waals surface area contributed by atoms with Crippen LogP contribution in [0.1, 0.15) is 12.5 Å². The van der Waals surface area contributed by atoms with Crippen molar-refractivity contribution in [1.29, 1.82) is 0 Å². The van der Waals surface area contributed by atoms with Crippen LogP contribution in [0.3, 0.4) is 0 Å². The molecular weight excluding hydrogens is 188 g/mol. The highest BCUT2D eigenvalue weighted by molar-refractivity contribution is 7.79. The monoisotopic (exact) mass is 199 g/mol. The van der Waals surface area contributed by atoms with Gasteiger partial charge in [0, 0.05) is 0 Å². The highest BCUT2D eigenvalue weighted by atomic mass is 32.2. The molecule has 1 aromatic carbocycles. The van der Waals surface area contributed by atoms with Gasteiger partial charge in [-0.2, -0.15) is 0 Å². The minimum absolute atomic E-state index is 0.224. The molecule has 1 atom stereocenters. The van der Waals surface area contributed by atoms with Crippen LogP contribution in [0.15, 0.2) is 23.1 Å². The largest absolute Gasteiger partial charge is 0.768 e. The lowest BCUT2D eigenvalue weighted by Gasteiger charge is -2.12. The maximum atomic E-state index is 10.8. The van der Waals surface area contributed by atoms with Gasteiger partial charge in [0.1, 0.15) is 5.75 Å². The van der Waals surface area contributed by atoms with Crippen molar-refractivity contribution in [3.8, 4) is 5.75 Å². The van der Waals surface area contributed by atoms with E-state index in [9.17, 15) is 8.76 Å². The van der Waals surface area contributed by atoms with Crippen LogP contribution >= 0.6 is 0 Å². The molecule has 0 aromatic heterocycles. The second kappa shape index (κ2) is 4.39. The Kier molecular flexibility index (Phi) is 3.45. The van der Waals surface area contributed by atoms with E-state index in [4.69, 9.17) is 4.74 Å². The summed E-state index contributed by atoms with van der Waals surface area (Å²) in [6.07, 6.45) is 0. The fourth-order valence-corrected chi connectivity index (χ4v) is 1.59. The smallest absolute Gasteiger partial charge is 0.134 e. The van der Waals surface area contributed by atoms with E-state index in [1.54, 1.807) is 12.1 Å². The maximum absolute atomic E-state index is 10.8. The van der Waals surface area contributed by atoms with E-state index in [-0.39, 0.29) is 4.90 Å². The van der Waals surface area contributed by atoms with Gasteiger partial charge in [-0.25, -0.2) is 0 Å². The fourth-order valence-electron chi connectivity index (χ4n) is 1.02. The Morgan fingerprint density at radius 3 is 2.77 bits per heavy atom. The lowest BCUT2D eigenvalue weighted by molar-refractivity contribution is 0.330. The van der Waals surface area contributed by atoms with Gasteiger partial charge in [0.25, 0.3) is 0 Å². The number of ether oxygens (including phenoxy) is 1. The Labute approximate surface area is 80.0 Å². The predicted octanol–water partition coefficient (Wildman–Crippen LogP) is 1.63. The molecule has 0 radical (unpaired) electrons. The number of rotatable bonds is 3. The Morgan fingerprint density at radius 1 is 1.54 bits per heavy atom. The van der Waals surface area contributed by atoms with Crippen LogP contribution < -0.4 is 4.74 Å². The van der Waals surface area contributed by atoms with E-state index >= 15 is 0 Å². The van der Waals surface area contributed by atoms with Crippen LogP contribution in [-0.4, -0.2) is 15.4 Å². The van der Waals surface area contributed by atoms with Gasteiger partial charge >= 0.3 is 0 Å². The van der Waals surface area contributed by atoms with Crippen LogP contribution in [0.5, 0.6) is 5.75 Å². The van der Waals surface area contributed by atoms with Crippen molar-refractivity contribution in [1.82, 2.24) is 0 Å². The zero-order chi connectivity index (χ0) is 9.84. The van der Waals surface area contributed by atoms with E-state index in [1.165, 1.54) is 0 Å². The maximum Gasteiger partial charge on any atom is 0.134 e. The van der Waals surface area contributed by atoms with E-state index in [0.29, 0.717) is 12.4 Å². The number of hydrogen-bond acceptors (Lipinski definition) is 3.